The predicted octanol–water partition coefficient (Wildman–Crippen LogP) is 7.20. The Kier molecular flexibility index (Phi) is 7.19. The largest absolute Gasteiger partial charge is 0.508 e. The summed E-state index contributed by atoms with van der Waals surface area (Å²) in [5.41, 5.74) is 4.41. The summed E-state index contributed by atoms with van der Waals surface area (Å²) in [6.45, 7) is 7.26. The van der Waals surface area contributed by atoms with Gasteiger partial charge >= 0.3 is 0 Å². The van der Waals surface area contributed by atoms with E-state index in [0.29, 0.717) is 5.75 Å². The van der Waals surface area contributed by atoms with Crippen LogP contribution in [0.25, 0.3) is 21.6 Å². The summed E-state index contributed by atoms with van der Waals surface area (Å²) in [4.78, 5) is 3.60. The Labute approximate surface area is 174 Å². The van der Waals surface area contributed by atoms with Crippen LogP contribution in [-0.4, -0.2) is 23.1 Å². The molecule has 0 aliphatic carbocycles. The standard InChI is InChI=1S/C22H25NOS3/c1-3-12-23(13-4-2)15-18-14-17(10-11-19(18)24)21-20(22(25)27-26-21)16-8-6-5-7-9-16/h5-11,14,24H,3-4,12-13,15H2,1-2H3. The van der Waals surface area contributed by atoms with Gasteiger partial charge in [-0.2, -0.15) is 0 Å². The fourth-order valence-corrected chi connectivity index (χ4v) is 6.21. The van der Waals surface area contributed by atoms with Gasteiger partial charge in [-0.25, -0.2) is 0 Å². The zero-order valence-corrected chi connectivity index (χ0v) is 18.2. The molecule has 0 saturated carbocycles. The van der Waals surface area contributed by atoms with Gasteiger partial charge in [-0.1, -0.05) is 77.1 Å². The van der Waals surface area contributed by atoms with E-state index < -0.39 is 0 Å². The molecule has 2 aromatic carbocycles. The molecule has 3 aromatic rings. The average molecular weight is 416 g/mol. The molecule has 1 N–H and O–H groups in total. The second-order valence-electron chi connectivity index (χ2n) is 6.64. The van der Waals surface area contributed by atoms with E-state index >= 15 is 0 Å². The quantitative estimate of drug-likeness (QED) is 0.311. The van der Waals surface area contributed by atoms with Crippen LogP contribution >= 0.6 is 32.9 Å². The Morgan fingerprint density at radius 3 is 2.30 bits per heavy atom. The lowest BCUT2D eigenvalue weighted by Gasteiger charge is -2.22. The SMILES string of the molecule is CCCN(CCC)Cc1cc(-c2ssc(=S)c2-c2ccccc2)ccc1O. The smallest absolute Gasteiger partial charge is 0.120 e. The van der Waals surface area contributed by atoms with E-state index in [2.05, 4.69) is 36.9 Å². The maximum Gasteiger partial charge on any atom is 0.120 e. The molecule has 142 valence electrons. The van der Waals surface area contributed by atoms with E-state index in [-0.39, 0.29) is 0 Å². The van der Waals surface area contributed by atoms with Gasteiger partial charge in [-0.05, 0) is 55.3 Å². The molecule has 0 atom stereocenters. The van der Waals surface area contributed by atoms with Crippen molar-refractivity contribution in [1.82, 2.24) is 4.90 Å². The van der Waals surface area contributed by atoms with Crippen LogP contribution in [0.5, 0.6) is 5.75 Å². The number of hydrogen-bond acceptors (Lipinski definition) is 5. The highest BCUT2D eigenvalue weighted by Gasteiger charge is 2.15. The molecule has 0 saturated heterocycles. The fourth-order valence-electron chi connectivity index (χ4n) is 3.30. The van der Waals surface area contributed by atoms with Crippen LogP contribution in [0.1, 0.15) is 32.3 Å². The summed E-state index contributed by atoms with van der Waals surface area (Å²) in [6.07, 6.45) is 2.23. The number of rotatable bonds is 8. The van der Waals surface area contributed by atoms with Crippen LogP contribution < -0.4 is 0 Å². The lowest BCUT2D eigenvalue weighted by atomic mass is 10.0. The molecule has 0 spiro atoms. The van der Waals surface area contributed by atoms with Crippen LogP contribution in [0, 0.1) is 3.82 Å². The molecule has 2 nitrogen and oxygen atoms in total. The number of hydrogen-bond donors (Lipinski definition) is 1. The molecular formula is C22H25NOS3. The van der Waals surface area contributed by atoms with Gasteiger partial charge in [0.15, 0.2) is 0 Å². The van der Waals surface area contributed by atoms with E-state index in [0.717, 1.165) is 58.6 Å². The van der Waals surface area contributed by atoms with Crippen molar-refractivity contribution in [3.05, 3.63) is 57.9 Å². The Balaban J connectivity index is 1.99. The third-order valence-corrected chi connectivity index (χ3v) is 7.58. The van der Waals surface area contributed by atoms with Crippen molar-refractivity contribution in [2.45, 2.75) is 33.2 Å². The topological polar surface area (TPSA) is 23.5 Å². The number of nitrogens with zero attached hydrogens (tertiary/aromatic N) is 1. The molecule has 0 amide bonds. The summed E-state index contributed by atoms with van der Waals surface area (Å²) < 4.78 is 0.925. The zero-order chi connectivity index (χ0) is 19.2. The fraction of sp³-hybridized carbons (Fsp3) is 0.318. The molecule has 0 fully saturated rings. The van der Waals surface area contributed by atoms with Gasteiger partial charge in [-0.3, -0.25) is 4.90 Å². The minimum atomic E-state index is 0.371. The molecule has 0 aliphatic heterocycles. The number of phenols is 1. The minimum Gasteiger partial charge on any atom is -0.508 e. The van der Waals surface area contributed by atoms with Crippen LogP contribution in [0.4, 0.5) is 0 Å². The monoisotopic (exact) mass is 415 g/mol. The Morgan fingerprint density at radius 1 is 0.926 bits per heavy atom. The highest BCUT2D eigenvalue weighted by atomic mass is 32.9. The van der Waals surface area contributed by atoms with Crippen molar-refractivity contribution < 1.29 is 5.11 Å². The molecule has 1 aromatic heterocycles. The first-order chi connectivity index (χ1) is 13.1. The van der Waals surface area contributed by atoms with Crippen LogP contribution in [0.2, 0.25) is 0 Å². The first-order valence-corrected chi connectivity index (χ1v) is 11.9. The summed E-state index contributed by atoms with van der Waals surface area (Å²) in [5, 5.41) is 10.4. The van der Waals surface area contributed by atoms with Gasteiger partial charge in [0.1, 0.15) is 9.57 Å². The number of aromatic hydroxyl groups is 1. The Hall–Kier alpha value is -1.53. The Morgan fingerprint density at radius 2 is 1.63 bits per heavy atom. The van der Waals surface area contributed by atoms with Crippen molar-refractivity contribution in [3.63, 3.8) is 0 Å². The Bertz CT molecular complexity index is 924. The van der Waals surface area contributed by atoms with Crippen LogP contribution in [-0.2, 0) is 6.54 Å². The summed E-state index contributed by atoms with van der Waals surface area (Å²) >= 11 is 5.62. The lowest BCUT2D eigenvalue weighted by Crippen LogP contribution is -2.24. The van der Waals surface area contributed by atoms with E-state index in [4.69, 9.17) is 12.2 Å². The average Bonchev–Trinajstić information content (AvgIpc) is 3.06. The summed E-state index contributed by atoms with van der Waals surface area (Å²) in [5.74, 6) is 0.371. The predicted molar refractivity (Wildman–Crippen MR) is 121 cm³/mol. The maximum absolute atomic E-state index is 10.4. The third-order valence-electron chi connectivity index (χ3n) is 4.51. The van der Waals surface area contributed by atoms with E-state index in [1.807, 2.05) is 30.3 Å². The number of phenolic OH excluding ortho intramolecular Hbond substituents is 1. The zero-order valence-electron chi connectivity index (χ0n) is 15.8. The van der Waals surface area contributed by atoms with Crippen molar-refractivity contribution >= 4 is 32.9 Å². The molecule has 3 rings (SSSR count). The van der Waals surface area contributed by atoms with Crippen molar-refractivity contribution in [2.75, 3.05) is 13.1 Å². The van der Waals surface area contributed by atoms with Crippen LogP contribution in [0.15, 0.2) is 48.5 Å². The van der Waals surface area contributed by atoms with Crippen molar-refractivity contribution in [1.29, 1.82) is 0 Å². The third kappa shape index (κ3) is 4.85. The van der Waals surface area contributed by atoms with Gasteiger partial charge in [-0.15, -0.1) is 0 Å². The highest BCUT2D eigenvalue weighted by Crippen LogP contribution is 2.42. The van der Waals surface area contributed by atoms with E-state index in [1.54, 1.807) is 20.7 Å². The maximum atomic E-state index is 10.4. The van der Waals surface area contributed by atoms with Gasteiger partial charge in [0, 0.05) is 17.7 Å². The van der Waals surface area contributed by atoms with Crippen molar-refractivity contribution in [3.8, 4) is 27.3 Å². The summed E-state index contributed by atoms with van der Waals surface area (Å²) in [6, 6.07) is 16.3. The minimum absolute atomic E-state index is 0.371. The van der Waals surface area contributed by atoms with Gasteiger partial charge < -0.3 is 5.11 Å². The first kappa shape index (κ1) is 20.2. The molecule has 0 unspecified atom stereocenters. The van der Waals surface area contributed by atoms with Gasteiger partial charge in [0.25, 0.3) is 0 Å². The highest BCUT2D eigenvalue weighted by molar-refractivity contribution is 7.80. The molecule has 0 aliphatic rings. The van der Waals surface area contributed by atoms with Gasteiger partial charge in [0.2, 0.25) is 0 Å². The molecule has 27 heavy (non-hydrogen) atoms. The molecule has 0 radical (unpaired) electrons. The van der Waals surface area contributed by atoms with Crippen LogP contribution in [0.3, 0.4) is 0 Å². The number of benzene rings is 2. The first-order valence-electron chi connectivity index (χ1n) is 9.37. The second-order valence-corrected chi connectivity index (χ2v) is 9.46. The second kappa shape index (κ2) is 9.60. The van der Waals surface area contributed by atoms with Gasteiger partial charge in [0.05, 0.1) is 4.88 Å². The molecular weight excluding hydrogens is 390 g/mol. The van der Waals surface area contributed by atoms with E-state index in [1.165, 1.54) is 4.88 Å². The van der Waals surface area contributed by atoms with E-state index in [9.17, 15) is 5.11 Å². The lowest BCUT2D eigenvalue weighted by molar-refractivity contribution is 0.263. The molecule has 5 heteroatoms. The summed E-state index contributed by atoms with van der Waals surface area (Å²) in [7, 11) is 3.36. The molecule has 0 bridgehead atoms. The normalized spacial score (nSPS) is 11.2. The molecule has 1 heterocycles. The van der Waals surface area contributed by atoms with Crippen molar-refractivity contribution in [2.24, 2.45) is 0 Å².